The molecule has 0 fully saturated rings. The van der Waals surface area contributed by atoms with E-state index in [0.717, 1.165) is 11.8 Å². The Morgan fingerprint density at radius 2 is 2.00 bits per heavy atom. The standard InChI is InChI=1S/C12H20N4O3S/c1-7(10(19)13-12(3,4)5)16-8(2)14-15-11(16)20-6-9(17)18/h7H,6H2,1-5H3,(H,13,19)(H,17,18). The lowest BCUT2D eigenvalue weighted by Gasteiger charge is -2.24. The molecule has 8 heteroatoms. The summed E-state index contributed by atoms with van der Waals surface area (Å²) < 4.78 is 1.65. The number of aromatic nitrogens is 3. The van der Waals surface area contributed by atoms with Crippen LogP contribution in [-0.2, 0) is 9.59 Å². The molecule has 0 saturated heterocycles. The van der Waals surface area contributed by atoms with Gasteiger partial charge in [0.1, 0.15) is 11.9 Å². The van der Waals surface area contributed by atoms with Crippen LogP contribution in [0.5, 0.6) is 0 Å². The second kappa shape index (κ2) is 6.25. The number of nitrogens with zero attached hydrogens (tertiary/aromatic N) is 3. The van der Waals surface area contributed by atoms with Crippen LogP contribution < -0.4 is 5.32 Å². The van der Waals surface area contributed by atoms with Crippen molar-refractivity contribution in [3.05, 3.63) is 5.82 Å². The lowest BCUT2D eigenvalue weighted by atomic mass is 10.1. The Balaban J connectivity index is 2.91. The average Bonchev–Trinajstić information content (AvgIpc) is 2.64. The lowest BCUT2D eigenvalue weighted by Crippen LogP contribution is -2.44. The second-order valence-corrected chi connectivity index (χ2v) is 6.44. The molecule has 2 N–H and O–H groups in total. The van der Waals surface area contributed by atoms with Crippen molar-refractivity contribution in [2.45, 2.75) is 51.4 Å². The lowest BCUT2D eigenvalue weighted by molar-refractivity contribution is -0.134. The smallest absolute Gasteiger partial charge is 0.313 e. The molecule has 0 aliphatic carbocycles. The zero-order valence-electron chi connectivity index (χ0n) is 12.3. The third kappa shape index (κ3) is 4.52. The topological polar surface area (TPSA) is 97.1 Å². The minimum absolute atomic E-state index is 0.119. The molecule has 1 aromatic heterocycles. The maximum Gasteiger partial charge on any atom is 0.313 e. The fourth-order valence-corrected chi connectivity index (χ4v) is 2.39. The largest absolute Gasteiger partial charge is 0.481 e. The van der Waals surface area contributed by atoms with E-state index in [1.807, 2.05) is 20.8 Å². The zero-order valence-corrected chi connectivity index (χ0v) is 13.1. The maximum absolute atomic E-state index is 12.2. The van der Waals surface area contributed by atoms with Gasteiger partial charge >= 0.3 is 5.97 Å². The van der Waals surface area contributed by atoms with Crippen LogP contribution in [0.3, 0.4) is 0 Å². The first-order valence-electron chi connectivity index (χ1n) is 6.20. The van der Waals surface area contributed by atoms with Gasteiger partial charge in [-0.2, -0.15) is 0 Å². The minimum Gasteiger partial charge on any atom is -0.481 e. The first kappa shape index (κ1) is 16.5. The minimum atomic E-state index is -0.936. The van der Waals surface area contributed by atoms with Gasteiger partial charge in [0.25, 0.3) is 0 Å². The predicted molar refractivity (Wildman–Crippen MR) is 75.7 cm³/mol. The molecule has 7 nitrogen and oxygen atoms in total. The number of carbonyl (C=O) groups is 2. The third-order valence-corrected chi connectivity index (χ3v) is 3.35. The molecule has 112 valence electrons. The first-order valence-corrected chi connectivity index (χ1v) is 7.18. The van der Waals surface area contributed by atoms with E-state index in [4.69, 9.17) is 5.11 Å². The molecular weight excluding hydrogens is 280 g/mol. The number of hydrogen-bond donors (Lipinski definition) is 2. The Morgan fingerprint density at radius 3 is 2.50 bits per heavy atom. The summed E-state index contributed by atoms with van der Waals surface area (Å²) in [6.45, 7) is 9.17. The van der Waals surface area contributed by atoms with Crippen LogP contribution >= 0.6 is 11.8 Å². The van der Waals surface area contributed by atoms with Crippen molar-refractivity contribution >= 4 is 23.6 Å². The highest BCUT2D eigenvalue weighted by Gasteiger charge is 2.24. The number of thioether (sulfide) groups is 1. The average molecular weight is 300 g/mol. The van der Waals surface area contributed by atoms with Crippen LogP contribution in [-0.4, -0.2) is 43.0 Å². The normalized spacial score (nSPS) is 13.1. The van der Waals surface area contributed by atoms with Gasteiger partial charge < -0.3 is 10.4 Å². The Bertz CT molecular complexity index is 507. The second-order valence-electron chi connectivity index (χ2n) is 5.50. The van der Waals surface area contributed by atoms with Gasteiger partial charge in [0.2, 0.25) is 5.91 Å². The van der Waals surface area contributed by atoms with Gasteiger partial charge in [0, 0.05) is 5.54 Å². The van der Waals surface area contributed by atoms with Gasteiger partial charge in [-0.25, -0.2) is 0 Å². The van der Waals surface area contributed by atoms with Crippen molar-refractivity contribution in [2.24, 2.45) is 0 Å². The van der Waals surface area contributed by atoms with Crippen LogP contribution in [0.2, 0.25) is 0 Å². The highest BCUT2D eigenvalue weighted by molar-refractivity contribution is 7.99. The summed E-state index contributed by atoms with van der Waals surface area (Å²) in [5.74, 6) is -0.632. The van der Waals surface area contributed by atoms with Crippen LogP contribution in [0.1, 0.15) is 39.6 Å². The van der Waals surface area contributed by atoms with E-state index in [1.165, 1.54) is 0 Å². The molecular formula is C12H20N4O3S. The van der Waals surface area contributed by atoms with Gasteiger partial charge in [-0.3, -0.25) is 14.2 Å². The van der Waals surface area contributed by atoms with Crippen molar-refractivity contribution in [3.8, 4) is 0 Å². The summed E-state index contributed by atoms with van der Waals surface area (Å²) in [7, 11) is 0. The molecule has 20 heavy (non-hydrogen) atoms. The quantitative estimate of drug-likeness (QED) is 0.794. The van der Waals surface area contributed by atoms with E-state index in [1.54, 1.807) is 18.4 Å². The zero-order chi connectivity index (χ0) is 15.5. The number of amides is 1. The van der Waals surface area contributed by atoms with E-state index in [0.29, 0.717) is 11.0 Å². The number of aliphatic carboxylic acids is 1. The Morgan fingerprint density at radius 1 is 1.40 bits per heavy atom. The number of hydrogen-bond acceptors (Lipinski definition) is 5. The molecule has 0 saturated carbocycles. The fourth-order valence-electron chi connectivity index (χ4n) is 1.61. The molecule has 1 rings (SSSR count). The molecule has 0 bridgehead atoms. The van der Waals surface area contributed by atoms with Crippen molar-refractivity contribution in [3.63, 3.8) is 0 Å². The Labute approximate surface area is 122 Å². The van der Waals surface area contributed by atoms with Gasteiger partial charge in [-0.1, -0.05) is 11.8 Å². The fraction of sp³-hybridized carbons (Fsp3) is 0.667. The summed E-state index contributed by atoms with van der Waals surface area (Å²) in [4.78, 5) is 22.8. The molecule has 0 aliphatic rings. The summed E-state index contributed by atoms with van der Waals surface area (Å²) in [6, 6.07) is -0.500. The Kier molecular flexibility index (Phi) is 5.15. The molecule has 0 aliphatic heterocycles. The van der Waals surface area contributed by atoms with Crippen molar-refractivity contribution < 1.29 is 14.7 Å². The van der Waals surface area contributed by atoms with Crippen LogP contribution in [0.15, 0.2) is 5.16 Å². The van der Waals surface area contributed by atoms with E-state index in [2.05, 4.69) is 15.5 Å². The van der Waals surface area contributed by atoms with Gasteiger partial charge in [0.15, 0.2) is 5.16 Å². The molecule has 1 heterocycles. The molecule has 0 aromatic carbocycles. The first-order chi connectivity index (χ1) is 9.11. The van der Waals surface area contributed by atoms with Gasteiger partial charge in [-0.05, 0) is 34.6 Å². The van der Waals surface area contributed by atoms with Crippen molar-refractivity contribution in [1.29, 1.82) is 0 Å². The molecule has 1 amide bonds. The van der Waals surface area contributed by atoms with Gasteiger partial charge in [0.05, 0.1) is 5.75 Å². The van der Waals surface area contributed by atoms with E-state index < -0.39 is 12.0 Å². The highest BCUT2D eigenvalue weighted by Crippen LogP contribution is 2.22. The number of rotatable bonds is 5. The summed E-state index contributed by atoms with van der Waals surface area (Å²) in [5.41, 5.74) is -0.332. The summed E-state index contributed by atoms with van der Waals surface area (Å²) in [5, 5.41) is 19.9. The molecule has 0 radical (unpaired) electrons. The van der Waals surface area contributed by atoms with Crippen LogP contribution in [0.4, 0.5) is 0 Å². The number of nitrogens with one attached hydrogen (secondary N) is 1. The van der Waals surface area contributed by atoms with Crippen molar-refractivity contribution in [2.75, 3.05) is 5.75 Å². The number of carbonyl (C=O) groups excluding carboxylic acids is 1. The summed E-state index contributed by atoms with van der Waals surface area (Å²) >= 11 is 1.05. The molecule has 0 spiro atoms. The number of carboxylic acid groups (broad SMARTS) is 1. The summed E-state index contributed by atoms with van der Waals surface area (Å²) in [6.07, 6.45) is 0. The maximum atomic E-state index is 12.2. The van der Waals surface area contributed by atoms with E-state index in [-0.39, 0.29) is 17.2 Å². The van der Waals surface area contributed by atoms with Crippen LogP contribution in [0, 0.1) is 6.92 Å². The third-order valence-electron chi connectivity index (χ3n) is 2.42. The molecule has 1 unspecified atom stereocenters. The monoisotopic (exact) mass is 300 g/mol. The van der Waals surface area contributed by atoms with Gasteiger partial charge in [-0.15, -0.1) is 10.2 Å². The van der Waals surface area contributed by atoms with Crippen molar-refractivity contribution in [1.82, 2.24) is 20.1 Å². The van der Waals surface area contributed by atoms with Crippen LogP contribution in [0.25, 0.3) is 0 Å². The van der Waals surface area contributed by atoms with E-state index >= 15 is 0 Å². The number of aryl methyl sites for hydroxylation is 1. The SMILES string of the molecule is Cc1nnc(SCC(=O)O)n1C(C)C(=O)NC(C)(C)C. The van der Waals surface area contributed by atoms with E-state index in [9.17, 15) is 9.59 Å². The molecule has 1 atom stereocenters. The predicted octanol–water partition coefficient (Wildman–Crippen LogP) is 1.24. The highest BCUT2D eigenvalue weighted by atomic mass is 32.2. The Hall–Kier alpha value is -1.57. The molecule has 1 aromatic rings. The number of carboxylic acids is 1.